The molecule has 118 valence electrons. The van der Waals surface area contributed by atoms with Crippen LogP contribution in [0.25, 0.3) is 5.69 Å². The molecule has 0 radical (unpaired) electrons. The minimum absolute atomic E-state index is 0.0607. The van der Waals surface area contributed by atoms with Crippen LogP contribution in [0.15, 0.2) is 24.3 Å². The van der Waals surface area contributed by atoms with Gasteiger partial charge in [0.2, 0.25) is 0 Å². The van der Waals surface area contributed by atoms with Crippen molar-refractivity contribution in [3.05, 3.63) is 40.7 Å². The molecule has 2 aromatic rings. The van der Waals surface area contributed by atoms with Crippen molar-refractivity contribution in [1.29, 1.82) is 0 Å². The van der Waals surface area contributed by atoms with E-state index in [9.17, 15) is 4.79 Å². The van der Waals surface area contributed by atoms with E-state index in [1.165, 1.54) is 4.80 Å². The van der Waals surface area contributed by atoms with Gasteiger partial charge in [0.15, 0.2) is 5.69 Å². The Morgan fingerprint density at radius 2 is 1.91 bits per heavy atom. The number of hydrogen-bond acceptors (Lipinski definition) is 3. The van der Waals surface area contributed by atoms with Crippen LogP contribution in [-0.4, -0.2) is 38.9 Å². The summed E-state index contributed by atoms with van der Waals surface area (Å²) in [5.74, 6) is -0.0607. The van der Waals surface area contributed by atoms with Crippen molar-refractivity contribution >= 4 is 17.5 Å². The second kappa shape index (κ2) is 7.40. The fourth-order valence-electron chi connectivity index (χ4n) is 2.30. The molecular weight excluding hydrogens is 300 g/mol. The number of aryl methyl sites for hydroxylation is 1. The molecular formula is C16H21ClN4O. The fraction of sp³-hybridized carbons (Fsp3) is 0.438. The zero-order valence-corrected chi connectivity index (χ0v) is 14.0. The van der Waals surface area contributed by atoms with E-state index in [1.54, 1.807) is 19.1 Å². The molecule has 0 bridgehead atoms. The van der Waals surface area contributed by atoms with E-state index in [-0.39, 0.29) is 5.91 Å². The Bertz CT molecular complexity index is 647. The van der Waals surface area contributed by atoms with Crippen molar-refractivity contribution in [2.45, 2.75) is 33.6 Å². The third-order valence-corrected chi connectivity index (χ3v) is 3.53. The topological polar surface area (TPSA) is 51.0 Å². The van der Waals surface area contributed by atoms with Gasteiger partial charge in [-0.25, -0.2) is 0 Å². The third kappa shape index (κ3) is 3.65. The zero-order chi connectivity index (χ0) is 16.1. The summed E-state index contributed by atoms with van der Waals surface area (Å²) in [6.07, 6.45) is 1.85. The lowest BCUT2D eigenvalue weighted by Gasteiger charge is -2.20. The molecule has 1 amide bonds. The first-order valence-electron chi connectivity index (χ1n) is 7.56. The van der Waals surface area contributed by atoms with Gasteiger partial charge in [0.1, 0.15) is 0 Å². The molecule has 0 spiro atoms. The number of carbonyl (C=O) groups is 1. The average molecular weight is 321 g/mol. The Balaban J connectivity index is 2.31. The SMILES string of the molecule is CCCN(CCC)C(=O)c1nn(-c2cccc(Cl)c2)nc1C. The van der Waals surface area contributed by atoms with Gasteiger partial charge in [0.25, 0.3) is 5.91 Å². The summed E-state index contributed by atoms with van der Waals surface area (Å²) in [6.45, 7) is 7.39. The van der Waals surface area contributed by atoms with E-state index in [4.69, 9.17) is 11.6 Å². The summed E-state index contributed by atoms with van der Waals surface area (Å²) < 4.78 is 0. The third-order valence-electron chi connectivity index (χ3n) is 3.30. The second-order valence-electron chi connectivity index (χ2n) is 5.20. The van der Waals surface area contributed by atoms with Gasteiger partial charge < -0.3 is 4.90 Å². The molecule has 1 aromatic heterocycles. The van der Waals surface area contributed by atoms with Gasteiger partial charge in [-0.15, -0.1) is 5.10 Å². The van der Waals surface area contributed by atoms with Crippen LogP contribution in [0.5, 0.6) is 0 Å². The van der Waals surface area contributed by atoms with E-state index < -0.39 is 0 Å². The molecule has 0 unspecified atom stereocenters. The summed E-state index contributed by atoms with van der Waals surface area (Å²) in [5.41, 5.74) is 1.77. The first-order valence-corrected chi connectivity index (χ1v) is 7.93. The highest BCUT2D eigenvalue weighted by atomic mass is 35.5. The number of carbonyl (C=O) groups excluding carboxylic acids is 1. The van der Waals surface area contributed by atoms with Gasteiger partial charge in [-0.2, -0.15) is 9.90 Å². The maximum atomic E-state index is 12.6. The van der Waals surface area contributed by atoms with Crippen LogP contribution in [0.1, 0.15) is 42.9 Å². The highest BCUT2D eigenvalue weighted by molar-refractivity contribution is 6.30. The van der Waals surface area contributed by atoms with E-state index in [2.05, 4.69) is 24.0 Å². The molecule has 0 N–H and O–H groups in total. The maximum Gasteiger partial charge on any atom is 0.276 e. The van der Waals surface area contributed by atoms with Crippen LogP contribution in [-0.2, 0) is 0 Å². The van der Waals surface area contributed by atoms with Gasteiger partial charge in [0.05, 0.1) is 11.4 Å². The molecule has 0 saturated heterocycles. The highest BCUT2D eigenvalue weighted by Crippen LogP contribution is 2.15. The summed E-state index contributed by atoms with van der Waals surface area (Å²) in [7, 11) is 0. The monoisotopic (exact) mass is 320 g/mol. The number of rotatable bonds is 6. The van der Waals surface area contributed by atoms with Gasteiger partial charge in [0, 0.05) is 18.1 Å². The Morgan fingerprint density at radius 1 is 1.23 bits per heavy atom. The lowest BCUT2D eigenvalue weighted by atomic mass is 10.2. The molecule has 0 atom stereocenters. The number of benzene rings is 1. The molecule has 0 aliphatic rings. The molecule has 6 heteroatoms. The summed E-state index contributed by atoms with van der Waals surface area (Å²) >= 11 is 5.99. The predicted octanol–water partition coefficient (Wildman–Crippen LogP) is 3.49. The summed E-state index contributed by atoms with van der Waals surface area (Å²) in [6, 6.07) is 7.25. The number of amides is 1. The molecule has 1 heterocycles. The molecule has 0 aliphatic carbocycles. The Hall–Kier alpha value is -1.88. The van der Waals surface area contributed by atoms with Crippen molar-refractivity contribution in [1.82, 2.24) is 19.9 Å². The van der Waals surface area contributed by atoms with Crippen LogP contribution >= 0.6 is 11.6 Å². The van der Waals surface area contributed by atoms with Crippen LogP contribution in [0, 0.1) is 6.92 Å². The van der Waals surface area contributed by atoms with E-state index in [0.29, 0.717) is 16.4 Å². The number of hydrogen-bond donors (Lipinski definition) is 0. The Morgan fingerprint density at radius 3 is 2.50 bits per heavy atom. The van der Waals surface area contributed by atoms with Crippen LogP contribution < -0.4 is 0 Å². The first-order chi connectivity index (χ1) is 10.6. The lowest BCUT2D eigenvalue weighted by Crippen LogP contribution is -2.33. The Kier molecular flexibility index (Phi) is 5.55. The van der Waals surface area contributed by atoms with Crippen LogP contribution in [0.3, 0.4) is 0 Å². The standard InChI is InChI=1S/C16H21ClN4O/c1-4-9-20(10-5-2)16(22)15-12(3)18-21(19-15)14-8-6-7-13(17)11-14/h6-8,11H,4-5,9-10H2,1-3H3. The maximum absolute atomic E-state index is 12.6. The molecule has 22 heavy (non-hydrogen) atoms. The normalized spacial score (nSPS) is 10.7. The minimum Gasteiger partial charge on any atom is -0.337 e. The number of nitrogens with zero attached hydrogens (tertiary/aromatic N) is 4. The Labute approximate surface area is 135 Å². The highest BCUT2D eigenvalue weighted by Gasteiger charge is 2.21. The zero-order valence-electron chi connectivity index (χ0n) is 13.2. The molecule has 1 aromatic carbocycles. The van der Waals surface area contributed by atoms with E-state index in [0.717, 1.165) is 31.6 Å². The molecule has 5 nitrogen and oxygen atoms in total. The van der Waals surface area contributed by atoms with Gasteiger partial charge in [-0.05, 0) is 38.0 Å². The smallest absolute Gasteiger partial charge is 0.276 e. The molecule has 2 rings (SSSR count). The van der Waals surface area contributed by atoms with Gasteiger partial charge in [-0.3, -0.25) is 4.79 Å². The summed E-state index contributed by atoms with van der Waals surface area (Å²) in [4.78, 5) is 15.9. The minimum atomic E-state index is -0.0607. The van der Waals surface area contributed by atoms with Crippen molar-refractivity contribution in [3.8, 4) is 5.69 Å². The second-order valence-corrected chi connectivity index (χ2v) is 5.63. The van der Waals surface area contributed by atoms with E-state index >= 15 is 0 Å². The number of aromatic nitrogens is 3. The van der Waals surface area contributed by atoms with E-state index in [1.807, 2.05) is 17.0 Å². The average Bonchev–Trinajstić information content (AvgIpc) is 2.88. The predicted molar refractivity (Wildman–Crippen MR) is 87.6 cm³/mol. The van der Waals surface area contributed by atoms with Crippen molar-refractivity contribution in [3.63, 3.8) is 0 Å². The van der Waals surface area contributed by atoms with Crippen molar-refractivity contribution in [2.75, 3.05) is 13.1 Å². The molecule has 0 aliphatic heterocycles. The largest absolute Gasteiger partial charge is 0.337 e. The van der Waals surface area contributed by atoms with Gasteiger partial charge in [-0.1, -0.05) is 31.5 Å². The number of halogens is 1. The lowest BCUT2D eigenvalue weighted by molar-refractivity contribution is 0.0748. The van der Waals surface area contributed by atoms with Crippen LogP contribution in [0.4, 0.5) is 0 Å². The molecule has 0 saturated carbocycles. The van der Waals surface area contributed by atoms with Crippen molar-refractivity contribution < 1.29 is 4.79 Å². The van der Waals surface area contributed by atoms with Crippen molar-refractivity contribution in [2.24, 2.45) is 0 Å². The molecule has 0 fully saturated rings. The fourth-order valence-corrected chi connectivity index (χ4v) is 2.48. The van der Waals surface area contributed by atoms with Gasteiger partial charge >= 0.3 is 0 Å². The first kappa shape index (κ1) is 16.5. The van der Waals surface area contributed by atoms with Crippen LogP contribution in [0.2, 0.25) is 5.02 Å². The quantitative estimate of drug-likeness (QED) is 0.818. The summed E-state index contributed by atoms with van der Waals surface area (Å²) in [5, 5.41) is 9.32.